The molecule has 0 fully saturated rings. The van der Waals surface area contributed by atoms with Crippen molar-refractivity contribution in [3.05, 3.63) is 11.1 Å². The maximum absolute atomic E-state index is 10.7. The van der Waals surface area contributed by atoms with Crippen molar-refractivity contribution in [1.82, 2.24) is 0 Å². The molecule has 0 aliphatic heterocycles. The molecular weight excluding hydrogens is 232 g/mol. The van der Waals surface area contributed by atoms with Gasteiger partial charge >= 0.3 is 11.9 Å². The van der Waals surface area contributed by atoms with Gasteiger partial charge in [0.2, 0.25) is 0 Å². The lowest BCUT2D eigenvalue weighted by molar-refractivity contribution is -0.137. The molecule has 18 heavy (non-hydrogen) atoms. The molecule has 0 radical (unpaired) electrons. The van der Waals surface area contributed by atoms with Crippen LogP contribution in [-0.2, 0) is 9.59 Å². The molecule has 0 aromatic rings. The highest BCUT2D eigenvalue weighted by atomic mass is 16.4. The number of aliphatic carboxylic acids is 2. The lowest BCUT2D eigenvalue weighted by atomic mass is 10.0. The van der Waals surface area contributed by atoms with Gasteiger partial charge in [0, 0.05) is 12.0 Å². The van der Waals surface area contributed by atoms with Gasteiger partial charge in [0.15, 0.2) is 0 Å². The second kappa shape index (κ2) is 9.68. The molecule has 0 aromatic heterocycles. The Bertz CT molecular complexity index is 305. The van der Waals surface area contributed by atoms with Crippen molar-refractivity contribution < 1.29 is 19.8 Å². The normalized spacial score (nSPS) is 12.1. The van der Waals surface area contributed by atoms with E-state index in [-0.39, 0.29) is 6.42 Å². The number of carboxylic acid groups (broad SMARTS) is 2. The molecule has 0 heterocycles. The summed E-state index contributed by atoms with van der Waals surface area (Å²) in [5, 5.41) is 17.3. The first-order valence-electron chi connectivity index (χ1n) is 6.56. The first-order valence-corrected chi connectivity index (χ1v) is 6.56. The first kappa shape index (κ1) is 16.7. The summed E-state index contributed by atoms with van der Waals surface area (Å²) >= 11 is 0. The van der Waals surface area contributed by atoms with E-state index in [2.05, 4.69) is 0 Å². The minimum absolute atomic E-state index is 0.264. The van der Waals surface area contributed by atoms with Crippen LogP contribution in [0.2, 0.25) is 0 Å². The molecule has 4 nitrogen and oxygen atoms in total. The Morgan fingerprint density at radius 3 is 1.67 bits per heavy atom. The van der Waals surface area contributed by atoms with Crippen LogP contribution in [-0.4, -0.2) is 22.2 Å². The van der Waals surface area contributed by atoms with Crippen LogP contribution in [0.4, 0.5) is 0 Å². The number of allylic oxidation sites excluding steroid dienone is 1. The molecule has 0 aliphatic rings. The van der Waals surface area contributed by atoms with Crippen molar-refractivity contribution >= 4 is 11.9 Å². The third-order valence-electron chi connectivity index (χ3n) is 3.15. The zero-order valence-corrected chi connectivity index (χ0v) is 11.4. The molecule has 104 valence electrons. The van der Waals surface area contributed by atoms with Crippen molar-refractivity contribution in [2.75, 3.05) is 0 Å². The third kappa shape index (κ3) is 8.79. The fourth-order valence-electron chi connectivity index (χ4n) is 1.74. The highest BCUT2D eigenvalue weighted by Gasteiger charge is 2.04. The highest BCUT2D eigenvalue weighted by molar-refractivity contribution is 5.86. The number of rotatable bonds is 10. The summed E-state index contributed by atoms with van der Waals surface area (Å²) in [6, 6.07) is 0. The van der Waals surface area contributed by atoms with Gasteiger partial charge in [-0.25, -0.2) is 4.79 Å². The first-order chi connectivity index (χ1) is 8.45. The molecule has 0 unspecified atom stereocenters. The molecule has 0 amide bonds. The Kier molecular flexibility index (Phi) is 8.97. The molecule has 0 atom stereocenters. The molecule has 0 aliphatic carbocycles. The topological polar surface area (TPSA) is 74.6 Å². The van der Waals surface area contributed by atoms with E-state index in [0.29, 0.717) is 5.57 Å². The summed E-state index contributed by atoms with van der Waals surface area (Å²) in [5.74, 6) is -1.55. The van der Waals surface area contributed by atoms with Crippen LogP contribution in [0.5, 0.6) is 0 Å². The largest absolute Gasteiger partial charge is 0.481 e. The summed E-state index contributed by atoms with van der Waals surface area (Å²) in [5.41, 5.74) is 1.41. The van der Waals surface area contributed by atoms with Crippen LogP contribution in [0, 0.1) is 0 Å². The van der Waals surface area contributed by atoms with E-state index < -0.39 is 11.9 Å². The SMILES string of the molecule is CC(CCCCCCCCC(=O)O)=C(C)C(=O)O. The van der Waals surface area contributed by atoms with Gasteiger partial charge in [-0.3, -0.25) is 4.79 Å². The van der Waals surface area contributed by atoms with E-state index in [1.54, 1.807) is 6.92 Å². The van der Waals surface area contributed by atoms with E-state index in [9.17, 15) is 9.59 Å². The van der Waals surface area contributed by atoms with Gasteiger partial charge in [0.25, 0.3) is 0 Å². The minimum Gasteiger partial charge on any atom is -0.481 e. The predicted octanol–water partition coefficient (Wildman–Crippen LogP) is 3.61. The average Bonchev–Trinajstić information content (AvgIpc) is 2.30. The molecule has 0 bridgehead atoms. The van der Waals surface area contributed by atoms with E-state index >= 15 is 0 Å². The standard InChI is InChI=1S/C14H24O4/c1-11(12(2)14(17)18)9-7-5-3-4-6-8-10-13(15)16/h3-10H2,1-2H3,(H,15,16)(H,17,18). The Balaban J connectivity index is 3.49. The number of carboxylic acids is 2. The van der Waals surface area contributed by atoms with Gasteiger partial charge in [-0.15, -0.1) is 0 Å². The summed E-state index contributed by atoms with van der Waals surface area (Å²) in [4.78, 5) is 21.0. The Morgan fingerprint density at radius 2 is 1.22 bits per heavy atom. The minimum atomic E-state index is -0.832. The molecular formula is C14H24O4. The fourth-order valence-corrected chi connectivity index (χ4v) is 1.74. The van der Waals surface area contributed by atoms with Gasteiger partial charge < -0.3 is 10.2 Å². The monoisotopic (exact) mass is 256 g/mol. The van der Waals surface area contributed by atoms with Crippen LogP contribution in [0.1, 0.15) is 65.2 Å². The zero-order chi connectivity index (χ0) is 14.0. The van der Waals surface area contributed by atoms with Gasteiger partial charge in [0.1, 0.15) is 0 Å². The molecule has 0 saturated carbocycles. The maximum atomic E-state index is 10.7. The summed E-state index contributed by atoms with van der Waals surface area (Å²) in [7, 11) is 0. The molecule has 0 spiro atoms. The Morgan fingerprint density at radius 1 is 0.778 bits per heavy atom. The van der Waals surface area contributed by atoms with Gasteiger partial charge in [0.05, 0.1) is 0 Å². The second-order valence-electron chi connectivity index (χ2n) is 4.73. The number of hydrogen-bond donors (Lipinski definition) is 2. The summed E-state index contributed by atoms with van der Waals surface area (Å²) in [6.45, 7) is 3.51. The van der Waals surface area contributed by atoms with E-state index in [1.165, 1.54) is 0 Å². The van der Waals surface area contributed by atoms with Crippen LogP contribution in [0.3, 0.4) is 0 Å². The lowest BCUT2D eigenvalue weighted by Crippen LogP contribution is -1.99. The molecule has 2 N–H and O–H groups in total. The van der Waals surface area contributed by atoms with Crippen LogP contribution >= 0.6 is 0 Å². The van der Waals surface area contributed by atoms with Gasteiger partial charge in [-0.1, -0.05) is 31.3 Å². The predicted molar refractivity (Wildman–Crippen MR) is 70.6 cm³/mol. The maximum Gasteiger partial charge on any atom is 0.331 e. The smallest absolute Gasteiger partial charge is 0.331 e. The summed E-state index contributed by atoms with van der Waals surface area (Å²) < 4.78 is 0. The fraction of sp³-hybridized carbons (Fsp3) is 0.714. The van der Waals surface area contributed by atoms with Crippen LogP contribution < -0.4 is 0 Å². The van der Waals surface area contributed by atoms with Crippen molar-refractivity contribution in [2.24, 2.45) is 0 Å². The zero-order valence-electron chi connectivity index (χ0n) is 11.4. The average molecular weight is 256 g/mol. The molecule has 0 rings (SSSR count). The Labute approximate surface area is 109 Å². The van der Waals surface area contributed by atoms with Gasteiger partial charge in [-0.05, 0) is 33.1 Å². The number of carbonyl (C=O) groups is 2. The number of unbranched alkanes of at least 4 members (excludes halogenated alkanes) is 5. The van der Waals surface area contributed by atoms with Crippen LogP contribution in [0.15, 0.2) is 11.1 Å². The molecule has 0 aromatic carbocycles. The van der Waals surface area contributed by atoms with E-state index in [1.807, 2.05) is 6.92 Å². The van der Waals surface area contributed by atoms with Crippen molar-refractivity contribution in [3.8, 4) is 0 Å². The van der Waals surface area contributed by atoms with E-state index in [4.69, 9.17) is 10.2 Å². The lowest BCUT2D eigenvalue weighted by Gasteiger charge is -2.04. The Hall–Kier alpha value is -1.32. The van der Waals surface area contributed by atoms with Crippen molar-refractivity contribution in [3.63, 3.8) is 0 Å². The van der Waals surface area contributed by atoms with E-state index in [0.717, 1.165) is 50.5 Å². The molecule has 0 saturated heterocycles. The van der Waals surface area contributed by atoms with Crippen molar-refractivity contribution in [2.45, 2.75) is 65.2 Å². The van der Waals surface area contributed by atoms with Crippen molar-refractivity contribution in [1.29, 1.82) is 0 Å². The second-order valence-corrected chi connectivity index (χ2v) is 4.73. The quantitative estimate of drug-likeness (QED) is 0.462. The third-order valence-corrected chi connectivity index (χ3v) is 3.15. The highest BCUT2D eigenvalue weighted by Crippen LogP contribution is 2.14. The van der Waals surface area contributed by atoms with Gasteiger partial charge in [-0.2, -0.15) is 0 Å². The van der Waals surface area contributed by atoms with Crippen LogP contribution in [0.25, 0.3) is 0 Å². The molecule has 4 heteroatoms. The summed E-state index contributed by atoms with van der Waals surface area (Å²) in [6.07, 6.45) is 7.08. The number of hydrogen-bond acceptors (Lipinski definition) is 2.